The third-order valence-corrected chi connectivity index (χ3v) is 5.01. The molecule has 1 aliphatic heterocycles. The molecule has 0 spiro atoms. The molecular weight excluding hydrogens is 338 g/mol. The molecule has 1 aromatic heterocycles. The van der Waals surface area contributed by atoms with E-state index in [9.17, 15) is 4.79 Å². The molecule has 1 N–H and O–H groups in total. The van der Waals surface area contributed by atoms with Crippen LogP contribution in [-0.4, -0.2) is 47.1 Å². The van der Waals surface area contributed by atoms with E-state index in [2.05, 4.69) is 32.3 Å². The molecule has 4 rings (SSSR count). The van der Waals surface area contributed by atoms with E-state index in [-0.39, 0.29) is 6.03 Å². The maximum absolute atomic E-state index is 12.6. The lowest BCUT2D eigenvalue weighted by Gasteiger charge is -2.36. The highest BCUT2D eigenvalue weighted by Gasteiger charge is 2.21. The molecule has 1 aliphatic rings. The molecule has 0 aliphatic carbocycles. The fourth-order valence-corrected chi connectivity index (χ4v) is 3.32. The number of rotatable bonds is 2. The van der Waals surface area contributed by atoms with Crippen molar-refractivity contribution in [1.82, 2.24) is 14.9 Å². The van der Waals surface area contributed by atoms with Gasteiger partial charge < -0.3 is 15.1 Å². The van der Waals surface area contributed by atoms with Crippen LogP contribution in [0.4, 0.5) is 16.2 Å². The number of carbonyl (C=O) groups excluding carboxylic acids is 1. The smallest absolute Gasteiger partial charge is 0.321 e. The van der Waals surface area contributed by atoms with Gasteiger partial charge in [0.05, 0.1) is 22.4 Å². The summed E-state index contributed by atoms with van der Waals surface area (Å²) in [4.78, 5) is 25.9. The van der Waals surface area contributed by atoms with Crippen molar-refractivity contribution < 1.29 is 4.79 Å². The molecule has 3 aromatic rings. The van der Waals surface area contributed by atoms with Gasteiger partial charge in [0.2, 0.25) is 0 Å². The molecule has 2 heterocycles. The Hall–Kier alpha value is -3.15. The quantitative estimate of drug-likeness (QED) is 0.758. The number of aryl methyl sites for hydroxylation is 2. The van der Waals surface area contributed by atoms with E-state index in [1.165, 1.54) is 5.69 Å². The summed E-state index contributed by atoms with van der Waals surface area (Å²) >= 11 is 0. The topological polar surface area (TPSA) is 61.4 Å². The molecule has 27 heavy (non-hydrogen) atoms. The van der Waals surface area contributed by atoms with Crippen LogP contribution in [0.15, 0.2) is 48.5 Å². The minimum atomic E-state index is -0.0705. The van der Waals surface area contributed by atoms with Crippen molar-refractivity contribution in [2.45, 2.75) is 13.8 Å². The zero-order valence-corrected chi connectivity index (χ0v) is 15.6. The average Bonchev–Trinajstić information content (AvgIpc) is 2.70. The highest BCUT2D eigenvalue weighted by molar-refractivity contribution is 5.92. The molecule has 1 fully saturated rings. The van der Waals surface area contributed by atoms with Gasteiger partial charge >= 0.3 is 6.03 Å². The molecule has 6 nitrogen and oxygen atoms in total. The van der Waals surface area contributed by atoms with Gasteiger partial charge in [0, 0.05) is 37.6 Å². The van der Waals surface area contributed by atoms with Gasteiger partial charge in [-0.05, 0) is 44.2 Å². The first kappa shape index (κ1) is 17.3. The molecule has 0 unspecified atom stereocenters. The lowest BCUT2D eigenvalue weighted by atomic mass is 10.2. The number of piperazine rings is 1. The van der Waals surface area contributed by atoms with Gasteiger partial charge in [-0.2, -0.15) is 0 Å². The molecule has 1 saturated heterocycles. The molecular formula is C21H23N5O. The fraction of sp³-hybridized carbons (Fsp3) is 0.286. The largest absolute Gasteiger partial charge is 0.368 e. The van der Waals surface area contributed by atoms with E-state index in [4.69, 9.17) is 0 Å². The Balaban J connectivity index is 1.41. The van der Waals surface area contributed by atoms with Crippen molar-refractivity contribution in [1.29, 1.82) is 0 Å². The number of nitrogens with zero attached hydrogens (tertiary/aromatic N) is 4. The van der Waals surface area contributed by atoms with Crippen molar-refractivity contribution in [3.63, 3.8) is 0 Å². The number of urea groups is 1. The van der Waals surface area contributed by atoms with E-state index in [0.29, 0.717) is 13.1 Å². The van der Waals surface area contributed by atoms with E-state index >= 15 is 0 Å². The zero-order valence-electron chi connectivity index (χ0n) is 15.6. The fourth-order valence-electron chi connectivity index (χ4n) is 3.32. The summed E-state index contributed by atoms with van der Waals surface area (Å²) < 4.78 is 0. The summed E-state index contributed by atoms with van der Waals surface area (Å²) in [5.74, 6) is 0. The van der Waals surface area contributed by atoms with Gasteiger partial charge in [-0.3, -0.25) is 0 Å². The Morgan fingerprint density at radius 3 is 2.26 bits per heavy atom. The zero-order chi connectivity index (χ0) is 18.8. The molecule has 2 amide bonds. The highest BCUT2D eigenvalue weighted by atomic mass is 16.2. The molecule has 0 radical (unpaired) electrons. The summed E-state index contributed by atoms with van der Waals surface area (Å²) in [6.45, 7) is 6.96. The van der Waals surface area contributed by atoms with Crippen LogP contribution in [0.25, 0.3) is 11.0 Å². The first-order valence-corrected chi connectivity index (χ1v) is 9.21. The molecule has 6 heteroatoms. The molecule has 2 aromatic carbocycles. The van der Waals surface area contributed by atoms with Crippen LogP contribution in [0.1, 0.15) is 11.4 Å². The van der Waals surface area contributed by atoms with Crippen LogP contribution < -0.4 is 10.2 Å². The number of para-hydroxylation sites is 1. The summed E-state index contributed by atoms with van der Waals surface area (Å²) in [5.41, 5.74) is 5.42. The minimum absolute atomic E-state index is 0.0705. The standard InChI is InChI=1S/C21H23N5O/c1-15-16(2)23-20-14-17(8-9-19(20)22-15)24-21(27)26-12-10-25(11-13-26)18-6-4-3-5-7-18/h3-9,14H,10-13H2,1-2H3,(H,24,27). The second kappa shape index (κ2) is 7.23. The number of hydrogen-bond acceptors (Lipinski definition) is 4. The van der Waals surface area contributed by atoms with Gasteiger partial charge in [0.25, 0.3) is 0 Å². The first-order valence-electron chi connectivity index (χ1n) is 9.21. The normalized spacial score (nSPS) is 14.4. The second-order valence-electron chi connectivity index (χ2n) is 6.84. The molecule has 0 saturated carbocycles. The van der Waals surface area contributed by atoms with Crippen LogP contribution >= 0.6 is 0 Å². The molecule has 0 atom stereocenters. The minimum Gasteiger partial charge on any atom is -0.368 e. The van der Waals surface area contributed by atoms with E-state index in [1.807, 2.05) is 55.1 Å². The number of aromatic nitrogens is 2. The second-order valence-corrected chi connectivity index (χ2v) is 6.84. The maximum atomic E-state index is 12.6. The number of carbonyl (C=O) groups is 1. The number of nitrogens with one attached hydrogen (secondary N) is 1. The lowest BCUT2D eigenvalue weighted by molar-refractivity contribution is 0.208. The third-order valence-electron chi connectivity index (χ3n) is 5.01. The Morgan fingerprint density at radius 1 is 0.889 bits per heavy atom. The molecule has 0 bridgehead atoms. The number of anilines is 2. The summed E-state index contributed by atoms with van der Waals surface area (Å²) in [7, 11) is 0. The summed E-state index contributed by atoms with van der Waals surface area (Å²) in [5, 5.41) is 2.99. The van der Waals surface area contributed by atoms with Gasteiger partial charge in [0.15, 0.2) is 0 Å². The van der Waals surface area contributed by atoms with Crippen LogP contribution in [-0.2, 0) is 0 Å². The summed E-state index contributed by atoms with van der Waals surface area (Å²) in [6.07, 6.45) is 0. The van der Waals surface area contributed by atoms with Gasteiger partial charge in [-0.1, -0.05) is 18.2 Å². The van der Waals surface area contributed by atoms with Crippen molar-refractivity contribution >= 4 is 28.4 Å². The number of benzene rings is 2. The van der Waals surface area contributed by atoms with Crippen molar-refractivity contribution in [3.05, 3.63) is 59.9 Å². The average molecular weight is 361 g/mol. The predicted octanol–water partition coefficient (Wildman–Crippen LogP) is 3.60. The van der Waals surface area contributed by atoms with E-state index in [0.717, 1.165) is 41.2 Å². The van der Waals surface area contributed by atoms with E-state index in [1.54, 1.807) is 0 Å². The first-order chi connectivity index (χ1) is 13.1. The van der Waals surface area contributed by atoms with Crippen LogP contribution in [0.3, 0.4) is 0 Å². The third kappa shape index (κ3) is 3.69. The van der Waals surface area contributed by atoms with Crippen LogP contribution in [0, 0.1) is 13.8 Å². The van der Waals surface area contributed by atoms with Crippen molar-refractivity contribution in [2.24, 2.45) is 0 Å². The Morgan fingerprint density at radius 2 is 1.56 bits per heavy atom. The number of amides is 2. The number of hydrogen-bond donors (Lipinski definition) is 1. The summed E-state index contributed by atoms with van der Waals surface area (Å²) in [6, 6.07) is 15.9. The SMILES string of the molecule is Cc1nc2ccc(NC(=O)N3CCN(c4ccccc4)CC3)cc2nc1C. The van der Waals surface area contributed by atoms with E-state index < -0.39 is 0 Å². The monoisotopic (exact) mass is 361 g/mol. The van der Waals surface area contributed by atoms with Crippen molar-refractivity contribution in [2.75, 3.05) is 36.4 Å². The number of fused-ring (bicyclic) bond motifs is 1. The predicted molar refractivity (Wildman–Crippen MR) is 108 cm³/mol. The maximum Gasteiger partial charge on any atom is 0.321 e. The lowest BCUT2D eigenvalue weighted by Crippen LogP contribution is -2.50. The van der Waals surface area contributed by atoms with Crippen LogP contribution in [0.5, 0.6) is 0 Å². The highest BCUT2D eigenvalue weighted by Crippen LogP contribution is 2.19. The van der Waals surface area contributed by atoms with Gasteiger partial charge in [0.1, 0.15) is 0 Å². The Labute approximate surface area is 158 Å². The Kier molecular flexibility index (Phi) is 4.62. The van der Waals surface area contributed by atoms with Crippen LogP contribution in [0.2, 0.25) is 0 Å². The molecule has 138 valence electrons. The van der Waals surface area contributed by atoms with Crippen molar-refractivity contribution in [3.8, 4) is 0 Å². The van der Waals surface area contributed by atoms with Gasteiger partial charge in [-0.15, -0.1) is 0 Å². The van der Waals surface area contributed by atoms with Gasteiger partial charge in [-0.25, -0.2) is 14.8 Å². The Bertz CT molecular complexity index is 965.